The molecule has 0 aliphatic carbocycles. The number of amides is 1. The van der Waals surface area contributed by atoms with Gasteiger partial charge >= 0.3 is 12.1 Å². The SMILES string of the molecule is NNc1ncc(Br)nc1Cl.O=C(NNc1ncc(Br)nc1Cl)C(F)(F)F. The molecule has 0 aliphatic heterocycles. The molecule has 26 heavy (non-hydrogen) atoms. The number of carbonyl (C=O) groups excluding carboxylic acids is 1. The largest absolute Gasteiger partial charge is 0.472 e. The molecule has 2 heterocycles. The van der Waals surface area contributed by atoms with Crippen molar-refractivity contribution in [2.45, 2.75) is 6.18 Å². The van der Waals surface area contributed by atoms with Gasteiger partial charge in [-0.15, -0.1) is 0 Å². The van der Waals surface area contributed by atoms with Crippen molar-refractivity contribution in [1.29, 1.82) is 0 Å². The summed E-state index contributed by atoms with van der Waals surface area (Å²) in [5.74, 6) is 3.06. The fourth-order valence-electron chi connectivity index (χ4n) is 1.06. The molecule has 16 heteroatoms. The molecule has 2 aromatic rings. The predicted molar refractivity (Wildman–Crippen MR) is 95.1 cm³/mol. The highest BCUT2D eigenvalue weighted by Crippen LogP contribution is 2.19. The summed E-state index contributed by atoms with van der Waals surface area (Å²) in [6, 6.07) is 0. The first-order valence-corrected chi connectivity index (χ1v) is 8.34. The number of rotatable bonds is 3. The highest BCUT2D eigenvalue weighted by Gasteiger charge is 2.38. The third-order valence-corrected chi connectivity index (χ3v) is 3.38. The minimum absolute atomic E-state index is 0.183. The van der Waals surface area contributed by atoms with Gasteiger partial charge in [0.05, 0.1) is 12.4 Å². The Morgan fingerprint density at radius 3 is 1.88 bits per heavy atom. The number of nitrogen functional groups attached to an aromatic ring is 1. The van der Waals surface area contributed by atoms with Crippen molar-refractivity contribution < 1.29 is 18.0 Å². The molecule has 5 N–H and O–H groups in total. The molecule has 0 aromatic carbocycles. The number of nitrogens with one attached hydrogen (secondary N) is 3. The van der Waals surface area contributed by atoms with E-state index in [4.69, 9.17) is 29.0 Å². The summed E-state index contributed by atoms with van der Waals surface area (Å²) in [6.07, 6.45) is -2.28. The lowest BCUT2D eigenvalue weighted by Crippen LogP contribution is -2.40. The van der Waals surface area contributed by atoms with Crippen LogP contribution in [0, 0.1) is 0 Å². The fourth-order valence-corrected chi connectivity index (χ4v) is 2.21. The van der Waals surface area contributed by atoms with Gasteiger partial charge in [-0.1, -0.05) is 23.2 Å². The van der Waals surface area contributed by atoms with Gasteiger partial charge in [-0.25, -0.2) is 25.8 Å². The molecule has 0 bridgehead atoms. The van der Waals surface area contributed by atoms with Crippen LogP contribution in [0.3, 0.4) is 0 Å². The van der Waals surface area contributed by atoms with E-state index < -0.39 is 12.1 Å². The van der Waals surface area contributed by atoms with Crippen LogP contribution in [0.1, 0.15) is 0 Å². The van der Waals surface area contributed by atoms with Gasteiger partial charge in [0.25, 0.3) is 0 Å². The third kappa shape index (κ3) is 7.41. The molecule has 0 fully saturated rings. The highest BCUT2D eigenvalue weighted by molar-refractivity contribution is 9.10. The second kappa shape index (κ2) is 10.0. The lowest BCUT2D eigenvalue weighted by Gasteiger charge is -2.10. The van der Waals surface area contributed by atoms with Crippen molar-refractivity contribution in [3.05, 3.63) is 31.9 Å². The van der Waals surface area contributed by atoms with Crippen molar-refractivity contribution in [2.24, 2.45) is 5.84 Å². The van der Waals surface area contributed by atoms with Gasteiger partial charge in [0.15, 0.2) is 21.9 Å². The molecular weight excluding hydrogens is 536 g/mol. The van der Waals surface area contributed by atoms with Crippen molar-refractivity contribution in [3.63, 3.8) is 0 Å². The van der Waals surface area contributed by atoms with E-state index in [-0.39, 0.29) is 16.1 Å². The number of carbonyl (C=O) groups is 1. The van der Waals surface area contributed by atoms with Crippen LogP contribution >= 0.6 is 55.1 Å². The van der Waals surface area contributed by atoms with E-state index in [1.165, 1.54) is 17.8 Å². The molecule has 0 saturated carbocycles. The van der Waals surface area contributed by atoms with Gasteiger partial charge in [-0.05, 0) is 31.9 Å². The molecule has 2 aromatic heterocycles. The average Bonchev–Trinajstić information content (AvgIpc) is 2.53. The molecule has 9 nitrogen and oxygen atoms in total. The first-order valence-electron chi connectivity index (χ1n) is 6.00. The average molecular weight is 543 g/mol. The van der Waals surface area contributed by atoms with Crippen molar-refractivity contribution in [1.82, 2.24) is 25.4 Å². The number of hydrogen-bond donors (Lipinski definition) is 4. The summed E-state index contributed by atoms with van der Waals surface area (Å²) in [7, 11) is 0. The summed E-state index contributed by atoms with van der Waals surface area (Å²) >= 11 is 17.2. The molecule has 0 spiro atoms. The van der Waals surface area contributed by atoms with Crippen molar-refractivity contribution in [2.75, 3.05) is 10.9 Å². The molecule has 142 valence electrons. The Hall–Kier alpha value is -1.48. The quantitative estimate of drug-likeness (QED) is 0.344. The molecule has 0 atom stereocenters. The van der Waals surface area contributed by atoms with Gasteiger partial charge in [0, 0.05) is 0 Å². The monoisotopic (exact) mass is 540 g/mol. The van der Waals surface area contributed by atoms with Gasteiger partial charge in [0.1, 0.15) is 9.21 Å². The third-order valence-electron chi connectivity index (χ3n) is 2.09. The summed E-state index contributed by atoms with van der Waals surface area (Å²) in [5.41, 5.74) is 5.58. The maximum absolute atomic E-state index is 11.8. The predicted octanol–water partition coefficient (Wildman–Crippen LogP) is 3.08. The zero-order valence-corrected chi connectivity index (χ0v) is 16.8. The normalized spacial score (nSPS) is 10.5. The lowest BCUT2D eigenvalue weighted by atomic mass is 10.6. The number of hydrogen-bond acceptors (Lipinski definition) is 8. The van der Waals surface area contributed by atoms with E-state index >= 15 is 0 Å². The Bertz CT molecular complexity index is 782. The number of hydrazine groups is 2. The molecular formula is C10H7Br2Cl2F3N8O. The van der Waals surface area contributed by atoms with Gasteiger partial charge in [-0.3, -0.25) is 15.6 Å². The molecule has 0 radical (unpaired) electrons. The second-order valence-corrected chi connectivity index (χ2v) is 6.23. The Morgan fingerprint density at radius 1 is 1.04 bits per heavy atom. The Balaban J connectivity index is 0.000000289. The Morgan fingerprint density at radius 2 is 1.50 bits per heavy atom. The molecule has 0 saturated heterocycles. The van der Waals surface area contributed by atoms with E-state index in [1.807, 2.05) is 5.43 Å². The van der Waals surface area contributed by atoms with Crippen molar-refractivity contribution in [3.8, 4) is 0 Å². The van der Waals surface area contributed by atoms with E-state index in [0.29, 0.717) is 15.0 Å². The smallest absolute Gasteiger partial charge is 0.306 e. The number of anilines is 2. The zero-order chi connectivity index (χ0) is 19.9. The minimum Gasteiger partial charge on any atom is -0.306 e. The molecule has 2 rings (SSSR count). The topological polar surface area (TPSA) is 131 Å². The summed E-state index contributed by atoms with van der Waals surface area (Å²) in [4.78, 5) is 25.3. The fraction of sp³-hybridized carbons (Fsp3) is 0.100. The van der Waals surface area contributed by atoms with Gasteiger partial charge in [-0.2, -0.15) is 13.2 Å². The van der Waals surface area contributed by atoms with E-state index in [0.717, 1.165) is 0 Å². The number of nitrogens with two attached hydrogens (primary N) is 1. The Labute approximate surface area is 170 Å². The number of nitrogens with zero attached hydrogens (tertiary/aromatic N) is 4. The maximum Gasteiger partial charge on any atom is 0.472 e. The van der Waals surface area contributed by atoms with Gasteiger partial charge in [0.2, 0.25) is 0 Å². The van der Waals surface area contributed by atoms with Crippen LogP contribution in [0.2, 0.25) is 10.3 Å². The van der Waals surface area contributed by atoms with Crippen LogP contribution in [0.15, 0.2) is 21.6 Å². The molecule has 0 unspecified atom stereocenters. The van der Waals surface area contributed by atoms with Crippen LogP contribution in [-0.2, 0) is 4.79 Å². The first-order chi connectivity index (χ1) is 12.0. The minimum atomic E-state index is -4.98. The summed E-state index contributed by atoms with van der Waals surface area (Å²) in [5, 5.41) is 0.0636. The van der Waals surface area contributed by atoms with Crippen molar-refractivity contribution >= 4 is 72.6 Å². The first kappa shape index (κ1) is 22.6. The maximum atomic E-state index is 11.8. The van der Waals surface area contributed by atoms with Crippen LogP contribution in [-0.4, -0.2) is 32.0 Å². The standard InChI is InChI=1S/C6H3BrClF3N4O.C4H4BrClN4/c7-2-1-12-4(3(8)13-2)14-15-5(16)6(9,10)11;5-2-1-8-4(10-7)3(6)9-2/h1H,(H,12,14)(H,15,16);1H,7H2,(H,8,10). The van der Waals surface area contributed by atoms with Crippen LogP contribution in [0.25, 0.3) is 0 Å². The van der Waals surface area contributed by atoms with Gasteiger partial charge < -0.3 is 5.43 Å². The highest BCUT2D eigenvalue weighted by atomic mass is 79.9. The van der Waals surface area contributed by atoms with Crippen LogP contribution < -0.4 is 22.1 Å². The zero-order valence-electron chi connectivity index (χ0n) is 12.1. The molecule has 1 amide bonds. The summed E-state index contributed by atoms with van der Waals surface area (Å²) < 4.78 is 36.3. The summed E-state index contributed by atoms with van der Waals surface area (Å²) in [6.45, 7) is 0. The van der Waals surface area contributed by atoms with Crippen LogP contribution in [0.4, 0.5) is 24.8 Å². The lowest BCUT2D eigenvalue weighted by molar-refractivity contribution is -0.173. The number of alkyl halides is 3. The van der Waals surface area contributed by atoms with E-state index in [9.17, 15) is 18.0 Å². The van der Waals surface area contributed by atoms with E-state index in [1.54, 1.807) is 0 Å². The Kier molecular flexibility index (Phi) is 8.69. The number of halogens is 7. The van der Waals surface area contributed by atoms with E-state index in [2.05, 4.69) is 57.2 Å². The number of aromatic nitrogens is 4. The van der Waals surface area contributed by atoms with Crippen LogP contribution in [0.5, 0.6) is 0 Å². The molecule has 0 aliphatic rings. The second-order valence-electron chi connectivity index (χ2n) is 3.89.